The highest BCUT2D eigenvalue weighted by molar-refractivity contribution is 9.10. The molecule has 3 heteroatoms. The van der Waals surface area contributed by atoms with Gasteiger partial charge in [0.05, 0.1) is 10.6 Å². The van der Waals surface area contributed by atoms with E-state index < -0.39 is 0 Å². The Morgan fingerprint density at radius 2 is 2.06 bits per heavy atom. The topological polar surface area (TPSA) is 26.3 Å². The Morgan fingerprint density at radius 3 is 2.56 bits per heavy atom. The highest BCUT2D eigenvalue weighted by Gasteiger charge is 2.09. The standard InChI is InChI=1S/C13H17BrO2/c1-9(2)6-10(3)16-13-5-4-11(8-15)7-12(13)14/h4-5,7-10H,6H2,1-3H3. The van der Waals surface area contributed by atoms with Gasteiger partial charge >= 0.3 is 0 Å². The van der Waals surface area contributed by atoms with Crippen molar-refractivity contribution in [1.29, 1.82) is 0 Å². The second-order valence-corrected chi connectivity index (χ2v) is 5.22. The van der Waals surface area contributed by atoms with E-state index in [-0.39, 0.29) is 6.10 Å². The third-order valence-corrected chi connectivity index (χ3v) is 2.84. The largest absolute Gasteiger partial charge is 0.490 e. The summed E-state index contributed by atoms with van der Waals surface area (Å²) >= 11 is 3.40. The van der Waals surface area contributed by atoms with Crippen molar-refractivity contribution in [1.82, 2.24) is 0 Å². The molecule has 1 rings (SSSR count). The summed E-state index contributed by atoms with van der Waals surface area (Å²) in [5.41, 5.74) is 0.649. The summed E-state index contributed by atoms with van der Waals surface area (Å²) in [7, 11) is 0. The van der Waals surface area contributed by atoms with E-state index in [1.807, 2.05) is 6.07 Å². The third kappa shape index (κ3) is 3.97. The van der Waals surface area contributed by atoms with Crippen LogP contribution in [0, 0.1) is 5.92 Å². The van der Waals surface area contributed by atoms with Gasteiger partial charge in [0.15, 0.2) is 0 Å². The van der Waals surface area contributed by atoms with Crippen LogP contribution < -0.4 is 4.74 Å². The van der Waals surface area contributed by atoms with Gasteiger partial charge in [-0.05, 0) is 53.4 Å². The molecule has 0 aliphatic heterocycles. The van der Waals surface area contributed by atoms with Gasteiger partial charge in [0.2, 0.25) is 0 Å². The van der Waals surface area contributed by atoms with Crippen molar-refractivity contribution in [2.45, 2.75) is 33.3 Å². The lowest BCUT2D eigenvalue weighted by Gasteiger charge is -2.17. The molecule has 16 heavy (non-hydrogen) atoms. The van der Waals surface area contributed by atoms with E-state index >= 15 is 0 Å². The van der Waals surface area contributed by atoms with Gasteiger partial charge in [-0.3, -0.25) is 4.79 Å². The summed E-state index contributed by atoms with van der Waals surface area (Å²) < 4.78 is 6.62. The van der Waals surface area contributed by atoms with Crippen molar-refractivity contribution in [2.24, 2.45) is 5.92 Å². The van der Waals surface area contributed by atoms with Crippen molar-refractivity contribution in [3.05, 3.63) is 28.2 Å². The van der Waals surface area contributed by atoms with Crippen LogP contribution in [0.1, 0.15) is 37.6 Å². The van der Waals surface area contributed by atoms with Gasteiger partial charge in [0, 0.05) is 5.56 Å². The average molecular weight is 285 g/mol. The molecule has 1 atom stereocenters. The van der Waals surface area contributed by atoms with E-state index in [1.54, 1.807) is 12.1 Å². The van der Waals surface area contributed by atoms with Gasteiger partial charge in [-0.1, -0.05) is 13.8 Å². The molecule has 0 radical (unpaired) electrons. The number of rotatable bonds is 5. The van der Waals surface area contributed by atoms with Gasteiger partial charge in [-0.2, -0.15) is 0 Å². The number of halogens is 1. The monoisotopic (exact) mass is 284 g/mol. The molecule has 0 N–H and O–H groups in total. The molecule has 0 aromatic heterocycles. The second-order valence-electron chi connectivity index (χ2n) is 4.37. The summed E-state index contributed by atoms with van der Waals surface area (Å²) in [4.78, 5) is 10.6. The quantitative estimate of drug-likeness (QED) is 0.762. The first kappa shape index (κ1) is 13.2. The predicted molar refractivity (Wildman–Crippen MR) is 69.1 cm³/mol. The van der Waals surface area contributed by atoms with Crippen LogP contribution in [0.25, 0.3) is 0 Å². The molecular formula is C13H17BrO2. The zero-order valence-electron chi connectivity index (χ0n) is 9.87. The Labute approximate surface area is 105 Å². The fraction of sp³-hybridized carbons (Fsp3) is 0.462. The number of aldehydes is 1. The lowest BCUT2D eigenvalue weighted by molar-refractivity contribution is 0.112. The molecule has 0 spiro atoms. The fourth-order valence-corrected chi connectivity index (χ4v) is 2.10. The molecule has 0 fully saturated rings. The predicted octanol–water partition coefficient (Wildman–Crippen LogP) is 4.08. The molecule has 0 aliphatic carbocycles. The van der Waals surface area contributed by atoms with Gasteiger partial charge < -0.3 is 4.74 Å². The van der Waals surface area contributed by atoms with Crippen molar-refractivity contribution < 1.29 is 9.53 Å². The van der Waals surface area contributed by atoms with Crippen LogP contribution >= 0.6 is 15.9 Å². The first-order chi connectivity index (χ1) is 7.52. The molecule has 88 valence electrons. The summed E-state index contributed by atoms with van der Waals surface area (Å²) in [5, 5.41) is 0. The van der Waals surface area contributed by atoms with E-state index in [2.05, 4.69) is 36.7 Å². The first-order valence-corrected chi connectivity index (χ1v) is 6.23. The summed E-state index contributed by atoms with van der Waals surface area (Å²) in [6, 6.07) is 5.35. The maximum atomic E-state index is 10.6. The summed E-state index contributed by atoms with van der Waals surface area (Å²) in [6.07, 6.45) is 2.02. The zero-order valence-corrected chi connectivity index (χ0v) is 11.5. The molecule has 1 unspecified atom stereocenters. The van der Waals surface area contributed by atoms with Crippen molar-refractivity contribution in [2.75, 3.05) is 0 Å². The minimum absolute atomic E-state index is 0.179. The maximum Gasteiger partial charge on any atom is 0.150 e. The summed E-state index contributed by atoms with van der Waals surface area (Å²) in [6.45, 7) is 6.40. The van der Waals surface area contributed by atoms with E-state index in [0.717, 1.165) is 22.9 Å². The number of hydrogen-bond acceptors (Lipinski definition) is 2. The van der Waals surface area contributed by atoms with E-state index in [0.29, 0.717) is 11.5 Å². The van der Waals surface area contributed by atoms with E-state index in [1.165, 1.54) is 0 Å². The number of carbonyl (C=O) groups excluding carboxylic acids is 1. The van der Waals surface area contributed by atoms with Crippen molar-refractivity contribution in [3.63, 3.8) is 0 Å². The first-order valence-electron chi connectivity index (χ1n) is 5.44. The van der Waals surface area contributed by atoms with Crippen LogP contribution in [0.2, 0.25) is 0 Å². The van der Waals surface area contributed by atoms with Crippen LogP contribution in [0.3, 0.4) is 0 Å². The Hall–Kier alpha value is -0.830. The minimum Gasteiger partial charge on any atom is -0.490 e. The Kier molecular flexibility index (Phi) is 5.00. The van der Waals surface area contributed by atoms with Crippen LogP contribution in [-0.4, -0.2) is 12.4 Å². The fourth-order valence-electron chi connectivity index (χ4n) is 1.61. The van der Waals surface area contributed by atoms with Crippen LogP contribution in [-0.2, 0) is 0 Å². The van der Waals surface area contributed by atoms with Gasteiger partial charge in [-0.25, -0.2) is 0 Å². The van der Waals surface area contributed by atoms with Crippen LogP contribution in [0.4, 0.5) is 0 Å². The van der Waals surface area contributed by atoms with Crippen LogP contribution in [0.5, 0.6) is 5.75 Å². The lowest BCUT2D eigenvalue weighted by Crippen LogP contribution is -2.14. The molecule has 0 saturated carbocycles. The molecule has 0 heterocycles. The van der Waals surface area contributed by atoms with Gasteiger partial charge in [0.1, 0.15) is 12.0 Å². The van der Waals surface area contributed by atoms with Gasteiger partial charge in [-0.15, -0.1) is 0 Å². The Bertz CT molecular complexity index is 361. The second kappa shape index (κ2) is 6.04. The van der Waals surface area contributed by atoms with Crippen LogP contribution in [0.15, 0.2) is 22.7 Å². The molecular weight excluding hydrogens is 268 g/mol. The van der Waals surface area contributed by atoms with Gasteiger partial charge in [0.25, 0.3) is 0 Å². The number of benzene rings is 1. The Morgan fingerprint density at radius 1 is 1.38 bits per heavy atom. The molecule has 2 nitrogen and oxygen atoms in total. The highest BCUT2D eigenvalue weighted by Crippen LogP contribution is 2.27. The number of hydrogen-bond donors (Lipinski definition) is 0. The molecule has 0 aliphatic rings. The van der Waals surface area contributed by atoms with Crippen molar-refractivity contribution in [3.8, 4) is 5.75 Å². The van der Waals surface area contributed by atoms with E-state index in [4.69, 9.17) is 4.74 Å². The number of ether oxygens (including phenoxy) is 1. The van der Waals surface area contributed by atoms with Crippen molar-refractivity contribution >= 4 is 22.2 Å². The molecule has 1 aromatic carbocycles. The number of carbonyl (C=O) groups is 1. The minimum atomic E-state index is 0.179. The zero-order chi connectivity index (χ0) is 12.1. The normalized spacial score (nSPS) is 12.6. The smallest absolute Gasteiger partial charge is 0.150 e. The van der Waals surface area contributed by atoms with E-state index in [9.17, 15) is 4.79 Å². The average Bonchev–Trinajstić information content (AvgIpc) is 2.19. The summed E-state index contributed by atoms with van der Waals surface area (Å²) in [5.74, 6) is 1.40. The molecule has 0 saturated heterocycles. The lowest BCUT2D eigenvalue weighted by atomic mass is 10.1. The molecule has 0 bridgehead atoms. The molecule has 0 amide bonds. The highest BCUT2D eigenvalue weighted by atomic mass is 79.9. The third-order valence-electron chi connectivity index (χ3n) is 2.22. The SMILES string of the molecule is CC(C)CC(C)Oc1ccc(C=O)cc1Br. The molecule has 1 aromatic rings. The Balaban J connectivity index is 2.70. The maximum absolute atomic E-state index is 10.6.